The monoisotopic (exact) mass is 427 g/mol. The highest BCUT2D eigenvalue weighted by atomic mass is 35.5. The number of rotatable bonds is 11. The van der Waals surface area contributed by atoms with Crippen LogP contribution in [0.1, 0.15) is 61.8 Å². The topological polar surface area (TPSA) is 30.5 Å². The van der Waals surface area contributed by atoms with Crippen LogP contribution in [-0.4, -0.2) is 39.7 Å². The van der Waals surface area contributed by atoms with Gasteiger partial charge in [-0.25, -0.2) is 0 Å². The van der Waals surface area contributed by atoms with E-state index in [-0.39, 0.29) is 11.7 Å². The summed E-state index contributed by atoms with van der Waals surface area (Å²) in [5.74, 6) is 0. The molecule has 1 N–H and O–H groups in total. The molecule has 28 heavy (non-hydrogen) atoms. The standard InChI is InChI=1S/C23H42ClNO2Si/c1-9-28(10-2,11-3)27-21(17-25-14-15-26-23(6,7)8)22-19(5)16-18(4)12-13-20(22)24/h13,16,21,25H,9-12,14-15,17H2,1-8H3. The van der Waals surface area contributed by atoms with Crippen LogP contribution in [0.5, 0.6) is 0 Å². The maximum absolute atomic E-state index is 6.93. The molecule has 0 saturated heterocycles. The van der Waals surface area contributed by atoms with Gasteiger partial charge in [0.1, 0.15) is 0 Å². The van der Waals surface area contributed by atoms with Crippen molar-refractivity contribution in [2.45, 2.75) is 91.6 Å². The van der Waals surface area contributed by atoms with Crippen LogP contribution in [-0.2, 0) is 9.16 Å². The molecular weight excluding hydrogens is 386 g/mol. The van der Waals surface area contributed by atoms with E-state index in [4.69, 9.17) is 20.8 Å². The summed E-state index contributed by atoms with van der Waals surface area (Å²) in [5, 5.41) is 4.40. The lowest BCUT2D eigenvalue weighted by Gasteiger charge is -2.35. The second-order valence-corrected chi connectivity index (χ2v) is 14.0. The molecule has 0 aromatic heterocycles. The molecule has 0 aliphatic heterocycles. The van der Waals surface area contributed by atoms with Crippen molar-refractivity contribution in [1.29, 1.82) is 0 Å². The summed E-state index contributed by atoms with van der Waals surface area (Å²) in [4.78, 5) is 0. The average molecular weight is 428 g/mol. The van der Waals surface area contributed by atoms with E-state index < -0.39 is 8.32 Å². The van der Waals surface area contributed by atoms with E-state index in [9.17, 15) is 0 Å². The largest absolute Gasteiger partial charge is 0.409 e. The molecule has 0 spiro atoms. The van der Waals surface area contributed by atoms with Gasteiger partial charge in [0.05, 0.1) is 18.3 Å². The summed E-state index contributed by atoms with van der Waals surface area (Å²) in [5.41, 5.74) is 3.59. The zero-order valence-electron chi connectivity index (χ0n) is 19.4. The van der Waals surface area contributed by atoms with Crippen LogP contribution in [0.15, 0.2) is 33.9 Å². The molecule has 1 aliphatic carbocycles. The third-order valence-electron chi connectivity index (χ3n) is 5.54. The fourth-order valence-electron chi connectivity index (χ4n) is 3.63. The molecule has 1 atom stereocenters. The second-order valence-electron chi connectivity index (χ2n) is 8.86. The Kier molecular flexibility index (Phi) is 10.7. The van der Waals surface area contributed by atoms with Crippen molar-refractivity contribution in [3.8, 4) is 0 Å². The average Bonchev–Trinajstić information content (AvgIpc) is 2.75. The first-order valence-corrected chi connectivity index (χ1v) is 13.7. The molecule has 0 saturated carbocycles. The van der Waals surface area contributed by atoms with Gasteiger partial charge in [-0.15, -0.1) is 0 Å². The van der Waals surface area contributed by atoms with Crippen molar-refractivity contribution in [2.24, 2.45) is 0 Å². The molecule has 0 bridgehead atoms. The van der Waals surface area contributed by atoms with Crippen molar-refractivity contribution in [3.05, 3.63) is 33.9 Å². The maximum Gasteiger partial charge on any atom is 0.192 e. The van der Waals surface area contributed by atoms with Gasteiger partial charge in [0.2, 0.25) is 0 Å². The van der Waals surface area contributed by atoms with Gasteiger partial charge in [-0.2, -0.15) is 0 Å². The summed E-state index contributed by atoms with van der Waals surface area (Å²) in [6.45, 7) is 19.6. The minimum absolute atomic E-state index is 0.0212. The first-order valence-electron chi connectivity index (χ1n) is 10.8. The molecule has 0 amide bonds. The van der Waals surface area contributed by atoms with Crippen LogP contribution < -0.4 is 5.32 Å². The molecule has 0 aromatic carbocycles. The summed E-state index contributed by atoms with van der Waals surface area (Å²) < 4.78 is 12.8. The van der Waals surface area contributed by atoms with E-state index in [1.807, 2.05) is 0 Å². The lowest BCUT2D eigenvalue weighted by Crippen LogP contribution is -2.45. The molecule has 1 unspecified atom stereocenters. The molecule has 0 heterocycles. The van der Waals surface area contributed by atoms with Crippen LogP contribution in [0.25, 0.3) is 0 Å². The molecule has 1 aliphatic rings. The van der Waals surface area contributed by atoms with Crippen LogP contribution in [0.4, 0.5) is 0 Å². The Morgan fingerprint density at radius 1 is 1.14 bits per heavy atom. The minimum atomic E-state index is -1.77. The number of halogens is 1. The highest BCUT2D eigenvalue weighted by Gasteiger charge is 2.34. The number of allylic oxidation sites excluding steroid dienone is 4. The van der Waals surface area contributed by atoms with Gasteiger partial charge in [-0.1, -0.05) is 50.1 Å². The smallest absolute Gasteiger partial charge is 0.192 e. The van der Waals surface area contributed by atoms with Gasteiger partial charge in [-0.05, 0) is 64.7 Å². The quantitative estimate of drug-likeness (QED) is 0.298. The van der Waals surface area contributed by atoms with Crippen LogP contribution >= 0.6 is 11.6 Å². The Morgan fingerprint density at radius 3 is 2.29 bits per heavy atom. The van der Waals surface area contributed by atoms with E-state index in [1.54, 1.807) is 0 Å². The Hall–Kier alpha value is -0.393. The van der Waals surface area contributed by atoms with Crippen molar-refractivity contribution < 1.29 is 9.16 Å². The van der Waals surface area contributed by atoms with Crippen molar-refractivity contribution in [1.82, 2.24) is 5.32 Å². The third-order valence-corrected chi connectivity index (χ3v) is 10.5. The minimum Gasteiger partial charge on any atom is -0.409 e. The fraction of sp³-hybridized carbons (Fsp3) is 0.739. The second kappa shape index (κ2) is 11.7. The van der Waals surface area contributed by atoms with Crippen molar-refractivity contribution >= 4 is 19.9 Å². The molecule has 5 heteroatoms. The SMILES string of the molecule is CC[Si](CC)(CC)OC(CNCCOC(C)(C)C)C1=C(C)C=C(C)CC=C1Cl. The molecule has 0 radical (unpaired) electrons. The van der Waals surface area contributed by atoms with E-state index in [1.165, 1.54) is 11.1 Å². The summed E-state index contributed by atoms with van der Waals surface area (Å²) >= 11 is 6.75. The molecule has 0 fully saturated rings. The van der Waals surface area contributed by atoms with Gasteiger partial charge in [-0.3, -0.25) is 0 Å². The van der Waals surface area contributed by atoms with Crippen molar-refractivity contribution in [3.63, 3.8) is 0 Å². The van der Waals surface area contributed by atoms with Crippen LogP contribution in [0, 0.1) is 0 Å². The molecule has 162 valence electrons. The normalized spacial score (nSPS) is 17.3. The van der Waals surface area contributed by atoms with Crippen LogP contribution in [0.3, 0.4) is 0 Å². The lowest BCUT2D eigenvalue weighted by atomic mass is 10.0. The van der Waals surface area contributed by atoms with Gasteiger partial charge < -0.3 is 14.5 Å². The molecule has 1 rings (SSSR count). The molecule has 0 aromatic rings. The van der Waals surface area contributed by atoms with E-state index >= 15 is 0 Å². The van der Waals surface area contributed by atoms with E-state index in [0.717, 1.165) is 48.2 Å². The third kappa shape index (κ3) is 8.15. The number of hydrogen-bond acceptors (Lipinski definition) is 3. The highest BCUT2D eigenvalue weighted by Crippen LogP contribution is 2.33. The highest BCUT2D eigenvalue weighted by molar-refractivity contribution is 6.73. The fourth-order valence-corrected chi connectivity index (χ4v) is 6.78. The van der Waals surface area contributed by atoms with Crippen LogP contribution in [0.2, 0.25) is 18.1 Å². The van der Waals surface area contributed by atoms with Gasteiger partial charge in [0, 0.05) is 23.7 Å². The predicted molar refractivity (Wildman–Crippen MR) is 126 cm³/mol. The van der Waals surface area contributed by atoms with Gasteiger partial charge >= 0.3 is 0 Å². The van der Waals surface area contributed by atoms with Gasteiger partial charge in [0.25, 0.3) is 0 Å². The van der Waals surface area contributed by atoms with Crippen molar-refractivity contribution in [2.75, 3.05) is 19.7 Å². The number of ether oxygens (including phenoxy) is 1. The first kappa shape index (κ1) is 25.6. The zero-order valence-corrected chi connectivity index (χ0v) is 21.1. The van der Waals surface area contributed by atoms with Gasteiger partial charge in [0.15, 0.2) is 8.32 Å². The molecular formula is C23H42ClNO2Si. The predicted octanol–water partition coefficient (Wildman–Crippen LogP) is 6.57. The Balaban J connectivity index is 3.02. The van der Waals surface area contributed by atoms with E-state index in [0.29, 0.717) is 6.61 Å². The maximum atomic E-state index is 6.93. The summed E-state index contributed by atoms with van der Waals surface area (Å²) in [6, 6.07) is 3.39. The van der Waals surface area contributed by atoms with E-state index in [2.05, 4.69) is 72.9 Å². The molecule has 3 nitrogen and oxygen atoms in total. The Labute approximate surface area is 179 Å². The number of nitrogens with one attached hydrogen (secondary N) is 1. The number of hydrogen-bond donors (Lipinski definition) is 1. The summed E-state index contributed by atoms with van der Waals surface area (Å²) in [7, 11) is -1.77. The summed E-state index contributed by atoms with van der Waals surface area (Å²) in [6.07, 6.45) is 5.27. The lowest BCUT2D eigenvalue weighted by molar-refractivity contribution is -0.00124. The zero-order chi connectivity index (χ0) is 21.4. The Morgan fingerprint density at radius 2 is 1.75 bits per heavy atom. The Bertz CT molecular complexity index is 578. The first-order chi connectivity index (χ1) is 13.1.